The molecule has 1 aliphatic heterocycles. The zero-order valence-corrected chi connectivity index (χ0v) is 11.4. The summed E-state index contributed by atoms with van der Waals surface area (Å²) in [6, 6.07) is -0.661. The van der Waals surface area contributed by atoms with E-state index < -0.39 is 12.0 Å². The number of hydrogen-bond acceptors (Lipinski definition) is 3. The first-order chi connectivity index (χ1) is 8.52. The number of likely N-dealkylation sites (tertiary alicyclic amines) is 1. The van der Waals surface area contributed by atoms with Crippen LogP contribution in [-0.2, 0) is 4.79 Å². The molecule has 1 N–H and O–H groups in total. The van der Waals surface area contributed by atoms with Crippen LogP contribution in [0.2, 0.25) is 0 Å². The van der Waals surface area contributed by atoms with Crippen LogP contribution < -0.4 is 0 Å². The second kappa shape index (κ2) is 5.10. The monoisotopic (exact) mass is 267 g/mol. The molecule has 0 saturated carbocycles. The van der Waals surface area contributed by atoms with E-state index in [1.165, 1.54) is 16.2 Å². The van der Waals surface area contributed by atoms with E-state index in [1.54, 1.807) is 0 Å². The van der Waals surface area contributed by atoms with Gasteiger partial charge in [-0.15, -0.1) is 11.3 Å². The fourth-order valence-electron chi connectivity index (χ4n) is 2.31. The number of carboxylic acids is 1. The summed E-state index contributed by atoms with van der Waals surface area (Å²) in [5.74, 6) is -1.03. The first-order valence-corrected chi connectivity index (χ1v) is 6.98. The van der Waals surface area contributed by atoms with Gasteiger partial charge in [-0.3, -0.25) is 4.79 Å². The van der Waals surface area contributed by atoms with E-state index in [0.717, 1.165) is 23.3 Å². The molecule has 0 aliphatic carbocycles. The summed E-state index contributed by atoms with van der Waals surface area (Å²) >= 11 is 1.54. The Morgan fingerprint density at radius 2 is 2.11 bits per heavy atom. The van der Waals surface area contributed by atoms with E-state index in [1.807, 2.05) is 19.2 Å². The molecule has 0 unspecified atom stereocenters. The quantitative estimate of drug-likeness (QED) is 0.895. The van der Waals surface area contributed by atoms with E-state index in [2.05, 4.69) is 0 Å². The highest BCUT2D eigenvalue weighted by Gasteiger charge is 2.33. The van der Waals surface area contributed by atoms with Crippen LogP contribution >= 0.6 is 11.3 Å². The number of rotatable bonds is 2. The Labute approximate surface area is 110 Å². The molecule has 1 aromatic heterocycles. The van der Waals surface area contributed by atoms with Crippen LogP contribution in [0.4, 0.5) is 0 Å². The number of hydrogen-bond donors (Lipinski definition) is 1. The van der Waals surface area contributed by atoms with Crippen molar-refractivity contribution in [2.45, 2.75) is 39.2 Å². The number of carboxylic acid groups (broad SMARTS) is 1. The zero-order chi connectivity index (χ0) is 13.3. The Kier molecular flexibility index (Phi) is 3.71. The fraction of sp³-hybridized carbons (Fsp3) is 0.538. The lowest BCUT2D eigenvalue weighted by Crippen LogP contribution is -2.48. The summed E-state index contributed by atoms with van der Waals surface area (Å²) < 4.78 is 0. The molecule has 18 heavy (non-hydrogen) atoms. The number of nitrogens with zero attached hydrogens (tertiary/aromatic N) is 1. The molecule has 2 rings (SSSR count). The molecule has 1 fully saturated rings. The van der Waals surface area contributed by atoms with Crippen LogP contribution in [0.15, 0.2) is 5.38 Å². The summed E-state index contributed by atoms with van der Waals surface area (Å²) in [6.45, 7) is 4.44. The Morgan fingerprint density at radius 3 is 2.67 bits per heavy atom. The molecule has 1 aliphatic rings. The Morgan fingerprint density at radius 1 is 1.39 bits per heavy atom. The van der Waals surface area contributed by atoms with Crippen molar-refractivity contribution in [3.8, 4) is 0 Å². The van der Waals surface area contributed by atoms with E-state index in [4.69, 9.17) is 0 Å². The van der Waals surface area contributed by atoms with Crippen LogP contribution in [0, 0.1) is 13.8 Å². The number of thiophene rings is 1. The van der Waals surface area contributed by atoms with Crippen LogP contribution in [-0.4, -0.2) is 34.5 Å². The van der Waals surface area contributed by atoms with Crippen molar-refractivity contribution < 1.29 is 14.7 Å². The summed E-state index contributed by atoms with van der Waals surface area (Å²) in [5, 5.41) is 11.0. The average Bonchev–Trinajstić information content (AvgIpc) is 2.69. The van der Waals surface area contributed by atoms with Crippen LogP contribution in [0.3, 0.4) is 0 Å². The number of piperidine rings is 1. The predicted octanol–water partition coefficient (Wildman–Crippen LogP) is 2.44. The van der Waals surface area contributed by atoms with Crippen LogP contribution in [0.25, 0.3) is 0 Å². The number of amides is 1. The smallest absolute Gasteiger partial charge is 0.326 e. The van der Waals surface area contributed by atoms with Crippen molar-refractivity contribution in [2.75, 3.05) is 6.54 Å². The molecule has 98 valence electrons. The Hall–Kier alpha value is -1.36. The maximum absolute atomic E-state index is 12.4. The highest BCUT2D eigenvalue weighted by molar-refractivity contribution is 7.10. The summed E-state index contributed by atoms with van der Waals surface area (Å²) in [4.78, 5) is 26.2. The number of carbonyl (C=O) groups is 2. The molecular formula is C13H17NO3S. The van der Waals surface area contributed by atoms with Gasteiger partial charge in [-0.2, -0.15) is 0 Å². The van der Waals surface area contributed by atoms with Gasteiger partial charge < -0.3 is 10.0 Å². The molecule has 1 atom stereocenters. The van der Waals surface area contributed by atoms with Crippen LogP contribution in [0.1, 0.15) is 40.1 Å². The number of aryl methyl sites for hydroxylation is 1. The van der Waals surface area contributed by atoms with E-state index in [9.17, 15) is 14.7 Å². The van der Waals surface area contributed by atoms with Gasteiger partial charge in [0.15, 0.2) is 0 Å². The minimum absolute atomic E-state index is 0.135. The van der Waals surface area contributed by atoms with E-state index in [-0.39, 0.29) is 5.91 Å². The van der Waals surface area contributed by atoms with Gasteiger partial charge >= 0.3 is 5.97 Å². The molecule has 0 bridgehead atoms. The lowest BCUT2D eigenvalue weighted by atomic mass is 10.0. The van der Waals surface area contributed by atoms with Gasteiger partial charge in [0.1, 0.15) is 6.04 Å². The maximum Gasteiger partial charge on any atom is 0.326 e. The van der Waals surface area contributed by atoms with Gasteiger partial charge in [-0.25, -0.2) is 4.79 Å². The van der Waals surface area contributed by atoms with Gasteiger partial charge in [0.25, 0.3) is 5.91 Å². The third kappa shape index (κ3) is 2.27. The van der Waals surface area contributed by atoms with Gasteiger partial charge in [-0.1, -0.05) is 0 Å². The van der Waals surface area contributed by atoms with Gasteiger partial charge in [-0.05, 0) is 38.7 Å². The van der Waals surface area contributed by atoms with Crippen molar-refractivity contribution in [3.63, 3.8) is 0 Å². The average molecular weight is 267 g/mol. The van der Waals surface area contributed by atoms with Crippen LogP contribution in [0.5, 0.6) is 0 Å². The lowest BCUT2D eigenvalue weighted by Gasteiger charge is -2.33. The molecule has 1 amide bonds. The first-order valence-electron chi connectivity index (χ1n) is 6.11. The maximum atomic E-state index is 12.4. The summed E-state index contributed by atoms with van der Waals surface area (Å²) in [5.41, 5.74) is 1.63. The Balaban J connectivity index is 2.26. The van der Waals surface area contributed by atoms with Crippen molar-refractivity contribution in [3.05, 3.63) is 21.4 Å². The molecule has 0 aromatic carbocycles. The second-order valence-corrected chi connectivity index (χ2v) is 5.76. The number of aliphatic carboxylic acids is 1. The van der Waals surface area contributed by atoms with Gasteiger partial charge in [0.05, 0.1) is 5.56 Å². The molecule has 1 saturated heterocycles. The van der Waals surface area contributed by atoms with Gasteiger partial charge in [0.2, 0.25) is 0 Å². The molecule has 0 radical (unpaired) electrons. The minimum Gasteiger partial charge on any atom is -0.480 e. The first kappa shape index (κ1) is 13.1. The van der Waals surface area contributed by atoms with Crippen molar-refractivity contribution >= 4 is 23.2 Å². The zero-order valence-electron chi connectivity index (χ0n) is 10.6. The molecule has 5 heteroatoms. The third-order valence-electron chi connectivity index (χ3n) is 3.56. The molecule has 1 aromatic rings. The van der Waals surface area contributed by atoms with E-state index >= 15 is 0 Å². The standard InChI is InChI=1S/C13H17NO3S/c1-8-9(2)18-7-10(8)12(15)14-6-4-3-5-11(14)13(16)17/h7,11H,3-6H2,1-2H3,(H,16,17)/t11-/m1/s1. The highest BCUT2D eigenvalue weighted by atomic mass is 32.1. The highest BCUT2D eigenvalue weighted by Crippen LogP contribution is 2.25. The summed E-state index contributed by atoms with van der Waals surface area (Å²) in [6.07, 6.45) is 2.32. The lowest BCUT2D eigenvalue weighted by molar-refractivity contribution is -0.143. The third-order valence-corrected chi connectivity index (χ3v) is 4.58. The minimum atomic E-state index is -0.896. The predicted molar refractivity (Wildman–Crippen MR) is 70.1 cm³/mol. The topological polar surface area (TPSA) is 57.6 Å². The second-order valence-electron chi connectivity index (χ2n) is 4.68. The fourth-order valence-corrected chi connectivity index (χ4v) is 3.17. The van der Waals surface area contributed by atoms with Crippen molar-refractivity contribution in [1.29, 1.82) is 0 Å². The molecule has 4 nitrogen and oxygen atoms in total. The largest absolute Gasteiger partial charge is 0.480 e. The van der Waals surface area contributed by atoms with Crippen molar-refractivity contribution in [2.24, 2.45) is 0 Å². The number of carbonyl (C=O) groups excluding carboxylic acids is 1. The SMILES string of the molecule is Cc1scc(C(=O)N2CCCC[C@@H]2C(=O)O)c1C. The normalized spacial score (nSPS) is 19.9. The molecule has 0 spiro atoms. The van der Waals surface area contributed by atoms with E-state index in [0.29, 0.717) is 18.5 Å². The molecule has 2 heterocycles. The Bertz CT molecular complexity index is 481. The summed E-state index contributed by atoms with van der Waals surface area (Å²) in [7, 11) is 0. The van der Waals surface area contributed by atoms with Crippen molar-refractivity contribution in [1.82, 2.24) is 4.90 Å². The van der Waals surface area contributed by atoms with Gasteiger partial charge in [0, 0.05) is 16.8 Å². The molecular weight excluding hydrogens is 250 g/mol.